The third kappa shape index (κ3) is 6.14. The first-order valence-corrected chi connectivity index (χ1v) is 13.5. The molecule has 200 valence electrons. The minimum atomic E-state index is -0.205. The lowest BCUT2D eigenvalue weighted by Crippen LogP contribution is -2.50. The number of allylic oxidation sites excluding steroid dienone is 2. The van der Waals surface area contributed by atoms with Gasteiger partial charge < -0.3 is 25.4 Å². The number of benzene rings is 1. The average molecular weight is 509 g/mol. The lowest BCUT2D eigenvalue weighted by molar-refractivity contribution is 0.0568. The largest absolute Gasteiger partial charge is 0.395 e. The van der Waals surface area contributed by atoms with E-state index in [1.807, 2.05) is 25.1 Å². The van der Waals surface area contributed by atoms with Gasteiger partial charge in [0.25, 0.3) is 11.5 Å². The zero-order valence-corrected chi connectivity index (χ0v) is 22.0. The molecule has 1 saturated heterocycles. The number of anilines is 1. The predicted molar refractivity (Wildman–Crippen MR) is 146 cm³/mol. The number of aliphatic hydroxyl groups excluding tert-OH is 2. The smallest absolute Gasteiger partial charge is 0.253 e. The molecule has 4 N–H and O–H groups in total. The summed E-state index contributed by atoms with van der Waals surface area (Å²) < 4.78 is 0. The summed E-state index contributed by atoms with van der Waals surface area (Å²) >= 11 is 0. The summed E-state index contributed by atoms with van der Waals surface area (Å²) in [5.74, 6) is -0.170. The summed E-state index contributed by atoms with van der Waals surface area (Å²) in [7, 11) is 0. The highest BCUT2D eigenvalue weighted by molar-refractivity contribution is 5.97. The van der Waals surface area contributed by atoms with E-state index in [9.17, 15) is 19.8 Å². The van der Waals surface area contributed by atoms with Crippen LogP contribution in [0.3, 0.4) is 0 Å². The fourth-order valence-electron chi connectivity index (χ4n) is 5.77. The first kappa shape index (κ1) is 27.1. The van der Waals surface area contributed by atoms with Crippen LogP contribution in [0.2, 0.25) is 0 Å². The van der Waals surface area contributed by atoms with E-state index in [0.29, 0.717) is 23.6 Å². The molecule has 0 bridgehead atoms. The molecule has 37 heavy (non-hydrogen) atoms. The molecule has 8 nitrogen and oxygen atoms in total. The number of carbonyl (C=O) groups excluding carboxylic acids is 1. The number of pyridine rings is 1. The molecule has 2 aliphatic rings. The number of aryl methyl sites for hydroxylation is 2. The van der Waals surface area contributed by atoms with E-state index in [-0.39, 0.29) is 37.3 Å². The summed E-state index contributed by atoms with van der Waals surface area (Å²) in [6.07, 6.45) is 8.38. The highest BCUT2D eigenvalue weighted by Gasteiger charge is 2.29. The van der Waals surface area contributed by atoms with Gasteiger partial charge >= 0.3 is 0 Å². The molecule has 8 heteroatoms. The van der Waals surface area contributed by atoms with E-state index in [4.69, 9.17) is 0 Å². The number of likely N-dealkylation sites (tertiary alicyclic amines) is 1. The Labute approximate surface area is 219 Å². The molecule has 4 rings (SSSR count). The molecule has 2 aromatic rings. The van der Waals surface area contributed by atoms with Crippen LogP contribution in [0.4, 0.5) is 5.69 Å². The Bertz CT molecular complexity index is 1160. The maximum absolute atomic E-state index is 13.4. The van der Waals surface area contributed by atoms with Gasteiger partial charge in [-0.3, -0.25) is 14.5 Å². The van der Waals surface area contributed by atoms with Crippen molar-refractivity contribution in [2.75, 3.05) is 37.7 Å². The van der Waals surface area contributed by atoms with E-state index in [1.165, 1.54) is 0 Å². The molecule has 1 aromatic heterocycles. The van der Waals surface area contributed by atoms with Crippen molar-refractivity contribution in [1.29, 1.82) is 0 Å². The molecule has 1 aromatic carbocycles. The molecular formula is C29H40N4O4. The van der Waals surface area contributed by atoms with Gasteiger partial charge in [-0.25, -0.2) is 0 Å². The summed E-state index contributed by atoms with van der Waals surface area (Å²) in [6.45, 7) is 6.59. The molecule has 0 atom stereocenters. The van der Waals surface area contributed by atoms with Crippen LogP contribution in [0.5, 0.6) is 0 Å². The Hall–Kier alpha value is -2.94. The highest BCUT2D eigenvalue weighted by Crippen LogP contribution is 2.30. The van der Waals surface area contributed by atoms with Crippen LogP contribution in [0.15, 0.2) is 41.2 Å². The SMILES string of the molecule is CCN(c1cccc2c1CC=CCCc1cc(C)[nH]c(=O)c1CNC2=O)C1CCN(C(CO)CO)CC1. The van der Waals surface area contributed by atoms with E-state index in [0.717, 1.165) is 67.8 Å². The van der Waals surface area contributed by atoms with Crippen LogP contribution >= 0.6 is 0 Å². The van der Waals surface area contributed by atoms with Crippen molar-refractivity contribution >= 4 is 11.6 Å². The topological polar surface area (TPSA) is 109 Å². The molecule has 0 spiro atoms. The molecule has 0 saturated carbocycles. The molecular weight excluding hydrogens is 468 g/mol. The molecule has 1 fully saturated rings. The molecule has 2 aliphatic heterocycles. The van der Waals surface area contributed by atoms with Crippen LogP contribution in [0.25, 0.3) is 0 Å². The van der Waals surface area contributed by atoms with Crippen LogP contribution in [0.1, 0.15) is 58.9 Å². The van der Waals surface area contributed by atoms with Gasteiger partial charge in [0.2, 0.25) is 0 Å². The number of aliphatic hydroxyl groups is 2. The maximum atomic E-state index is 13.4. The molecule has 0 aliphatic carbocycles. The Morgan fingerprint density at radius 3 is 2.57 bits per heavy atom. The second-order valence-corrected chi connectivity index (χ2v) is 10.1. The van der Waals surface area contributed by atoms with Crippen molar-refractivity contribution in [3.63, 3.8) is 0 Å². The normalized spacial score (nSPS) is 17.5. The molecule has 0 unspecified atom stereocenters. The van der Waals surface area contributed by atoms with Crippen LogP contribution < -0.4 is 15.8 Å². The first-order chi connectivity index (χ1) is 18.0. The Balaban J connectivity index is 1.61. The zero-order chi connectivity index (χ0) is 26.4. The molecule has 0 radical (unpaired) electrons. The monoisotopic (exact) mass is 508 g/mol. The van der Waals surface area contributed by atoms with Crippen molar-refractivity contribution in [3.05, 3.63) is 74.7 Å². The minimum Gasteiger partial charge on any atom is -0.395 e. The van der Waals surface area contributed by atoms with Crippen molar-refractivity contribution in [2.24, 2.45) is 0 Å². The number of nitrogens with one attached hydrogen (secondary N) is 2. The summed E-state index contributed by atoms with van der Waals surface area (Å²) in [5, 5.41) is 22.2. The standard InChI is InChI=1S/C29H40N4O4/c1-3-33(22-12-14-32(15-13-22)23(18-34)19-35)27-11-7-10-25-24(27)9-6-4-5-8-21-16-20(2)31-29(37)26(21)17-30-28(25)36/h4,6-7,10-11,16,22-23,34-35H,3,5,8-9,12-15,17-19H2,1-2H3,(H,30,36)(H,31,37). The number of fused-ring (bicyclic) bond motifs is 2. The first-order valence-electron chi connectivity index (χ1n) is 13.5. The third-order valence-corrected chi connectivity index (χ3v) is 7.78. The minimum absolute atomic E-state index is 0.0394. The lowest BCUT2D eigenvalue weighted by atomic mass is 9.95. The van der Waals surface area contributed by atoms with Gasteiger partial charge in [-0.2, -0.15) is 0 Å². The summed E-state index contributed by atoms with van der Waals surface area (Å²) in [5.41, 5.74) is 5.01. The molecule has 3 heterocycles. The van der Waals surface area contributed by atoms with Gasteiger partial charge in [0.05, 0.1) is 19.3 Å². The van der Waals surface area contributed by atoms with Gasteiger partial charge in [-0.1, -0.05) is 18.2 Å². The van der Waals surface area contributed by atoms with Gasteiger partial charge in [-0.15, -0.1) is 0 Å². The van der Waals surface area contributed by atoms with Crippen molar-refractivity contribution in [3.8, 4) is 0 Å². The predicted octanol–water partition coefficient (Wildman–Crippen LogP) is 2.30. The third-order valence-electron chi connectivity index (χ3n) is 7.78. The van der Waals surface area contributed by atoms with Crippen LogP contribution in [0, 0.1) is 6.92 Å². The van der Waals surface area contributed by atoms with Crippen molar-refractivity contribution in [2.45, 2.75) is 64.6 Å². The number of nitrogens with zero attached hydrogens (tertiary/aromatic N) is 2. The van der Waals surface area contributed by atoms with E-state index in [2.05, 4.69) is 45.2 Å². The summed E-state index contributed by atoms with van der Waals surface area (Å²) in [4.78, 5) is 33.5. The number of carbonyl (C=O) groups is 1. The number of aromatic amines is 1. The van der Waals surface area contributed by atoms with Crippen molar-refractivity contribution in [1.82, 2.24) is 15.2 Å². The number of rotatable bonds is 6. The summed E-state index contributed by atoms with van der Waals surface area (Å²) in [6, 6.07) is 8.03. The highest BCUT2D eigenvalue weighted by atomic mass is 16.3. The zero-order valence-electron chi connectivity index (χ0n) is 22.0. The number of H-pyrrole nitrogens is 1. The second-order valence-electron chi connectivity index (χ2n) is 10.1. The Morgan fingerprint density at radius 1 is 1.11 bits per heavy atom. The van der Waals surface area contributed by atoms with Gasteiger partial charge in [-0.05, 0) is 75.3 Å². The Morgan fingerprint density at radius 2 is 1.86 bits per heavy atom. The average Bonchev–Trinajstić information content (AvgIpc) is 2.89. The van der Waals surface area contributed by atoms with Crippen LogP contribution in [-0.4, -0.2) is 70.9 Å². The maximum Gasteiger partial charge on any atom is 0.253 e. The van der Waals surface area contributed by atoms with Crippen LogP contribution in [-0.2, 0) is 19.4 Å². The van der Waals surface area contributed by atoms with E-state index >= 15 is 0 Å². The fourth-order valence-corrected chi connectivity index (χ4v) is 5.77. The van der Waals surface area contributed by atoms with E-state index < -0.39 is 0 Å². The molecule has 1 amide bonds. The van der Waals surface area contributed by atoms with Gasteiger partial charge in [0, 0.05) is 54.7 Å². The number of hydrogen-bond acceptors (Lipinski definition) is 6. The lowest BCUT2D eigenvalue weighted by Gasteiger charge is -2.42. The fraction of sp³-hybridized carbons (Fsp3) is 0.517. The Kier molecular flexibility index (Phi) is 9.18. The quantitative estimate of drug-likeness (QED) is 0.446. The van der Waals surface area contributed by atoms with Gasteiger partial charge in [0.15, 0.2) is 0 Å². The second kappa shape index (κ2) is 12.5. The number of amides is 1. The van der Waals surface area contributed by atoms with Gasteiger partial charge in [0.1, 0.15) is 0 Å². The number of aromatic nitrogens is 1. The number of piperidine rings is 1. The van der Waals surface area contributed by atoms with E-state index in [1.54, 1.807) is 0 Å². The van der Waals surface area contributed by atoms with Crippen molar-refractivity contribution < 1.29 is 15.0 Å². The number of hydrogen-bond donors (Lipinski definition) is 4.